The van der Waals surface area contributed by atoms with Crippen LogP contribution in [0.15, 0.2) is 47.6 Å². The second kappa shape index (κ2) is 8.07. The van der Waals surface area contributed by atoms with Gasteiger partial charge in [-0.3, -0.25) is 0 Å². The molecule has 2 N–H and O–H groups in total. The third-order valence-corrected chi connectivity index (χ3v) is 8.40. The number of aromatic nitrogens is 2. The van der Waals surface area contributed by atoms with Crippen LogP contribution in [0.25, 0.3) is 0 Å². The minimum atomic E-state index is -3.77. The SMILES string of the molecule is O=S(=O)(c1cnc(C(c2ccc(F)c(Cl)c2)c2ccc(F)c(Cl)c2)[nH]1)N1CC2CC1CN2. The molecule has 2 aliphatic rings. The first-order valence-corrected chi connectivity index (χ1v) is 12.1. The van der Waals surface area contributed by atoms with Crippen molar-refractivity contribution in [1.82, 2.24) is 19.6 Å². The maximum Gasteiger partial charge on any atom is 0.260 e. The summed E-state index contributed by atoms with van der Waals surface area (Å²) in [5, 5.41) is 3.05. The topological polar surface area (TPSA) is 78.1 Å². The monoisotopic (exact) mass is 498 g/mol. The quantitative estimate of drug-likeness (QED) is 0.558. The van der Waals surface area contributed by atoms with E-state index >= 15 is 0 Å². The van der Waals surface area contributed by atoms with Crippen LogP contribution in [0.3, 0.4) is 0 Å². The van der Waals surface area contributed by atoms with E-state index < -0.39 is 27.6 Å². The Morgan fingerprint density at radius 1 is 1.06 bits per heavy atom. The van der Waals surface area contributed by atoms with Gasteiger partial charge in [0, 0.05) is 25.2 Å². The lowest BCUT2D eigenvalue weighted by Crippen LogP contribution is -2.46. The van der Waals surface area contributed by atoms with Gasteiger partial charge in [0.05, 0.1) is 22.2 Å². The molecule has 32 heavy (non-hydrogen) atoms. The minimum Gasteiger partial charge on any atom is -0.331 e. The lowest BCUT2D eigenvalue weighted by atomic mass is 9.90. The number of sulfonamides is 1. The number of hydrogen-bond acceptors (Lipinski definition) is 4. The van der Waals surface area contributed by atoms with Crippen molar-refractivity contribution in [2.75, 3.05) is 13.1 Å². The Hall–Kier alpha value is -2.04. The molecule has 2 atom stereocenters. The summed E-state index contributed by atoms with van der Waals surface area (Å²) in [7, 11) is -3.77. The molecule has 2 unspecified atom stereocenters. The van der Waals surface area contributed by atoms with Crippen LogP contribution in [0.2, 0.25) is 10.0 Å². The number of piperazine rings is 1. The van der Waals surface area contributed by atoms with E-state index in [0.717, 1.165) is 6.42 Å². The van der Waals surface area contributed by atoms with E-state index in [9.17, 15) is 17.2 Å². The van der Waals surface area contributed by atoms with Gasteiger partial charge in [0.15, 0.2) is 5.03 Å². The number of nitrogens with zero attached hydrogens (tertiary/aromatic N) is 2. The number of nitrogens with one attached hydrogen (secondary N) is 2. The molecule has 2 aliphatic heterocycles. The highest BCUT2D eigenvalue weighted by Crippen LogP contribution is 2.35. The third-order valence-electron chi connectivity index (χ3n) is 5.99. The highest BCUT2D eigenvalue weighted by atomic mass is 35.5. The number of hydrogen-bond donors (Lipinski definition) is 2. The van der Waals surface area contributed by atoms with Gasteiger partial charge in [-0.2, -0.15) is 4.31 Å². The molecule has 5 rings (SSSR count). The summed E-state index contributed by atoms with van der Waals surface area (Å²) in [5.41, 5.74) is 1.09. The van der Waals surface area contributed by atoms with Crippen LogP contribution >= 0.6 is 23.2 Å². The van der Waals surface area contributed by atoms with Crippen LogP contribution < -0.4 is 5.32 Å². The lowest BCUT2D eigenvalue weighted by Gasteiger charge is -2.25. The summed E-state index contributed by atoms with van der Waals surface area (Å²) < 4.78 is 55.5. The van der Waals surface area contributed by atoms with Crippen molar-refractivity contribution >= 4 is 33.2 Å². The zero-order valence-corrected chi connectivity index (χ0v) is 18.9. The van der Waals surface area contributed by atoms with Crippen molar-refractivity contribution < 1.29 is 17.2 Å². The first-order chi connectivity index (χ1) is 15.2. The smallest absolute Gasteiger partial charge is 0.260 e. The summed E-state index contributed by atoms with van der Waals surface area (Å²) in [6, 6.07) is 8.40. The first kappa shape index (κ1) is 21.8. The Morgan fingerprint density at radius 2 is 1.69 bits per heavy atom. The van der Waals surface area contributed by atoms with Gasteiger partial charge in [-0.1, -0.05) is 35.3 Å². The van der Waals surface area contributed by atoms with Crippen LogP contribution in [0, 0.1) is 11.6 Å². The van der Waals surface area contributed by atoms with Crippen molar-refractivity contribution in [1.29, 1.82) is 0 Å². The van der Waals surface area contributed by atoms with Gasteiger partial charge in [0.2, 0.25) is 0 Å². The van der Waals surface area contributed by atoms with Crippen LogP contribution in [-0.4, -0.2) is 47.9 Å². The van der Waals surface area contributed by atoms with Crippen LogP contribution in [0.4, 0.5) is 8.78 Å². The molecule has 168 valence electrons. The van der Waals surface area contributed by atoms with Gasteiger partial charge in [0.25, 0.3) is 10.0 Å². The fourth-order valence-electron chi connectivity index (χ4n) is 4.43. The van der Waals surface area contributed by atoms with E-state index in [-0.39, 0.29) is 33.0 Å². The van der Waals surface area contributed by atoms with E-state index in [1.165, 1.54) is 46.9 Å². The van der Waals surface area contributed by atoms with E-state index in [0.29, 0.717) is 24.2 Å². The number of H-pyrrole nitrogens is 1. The maximum absolute atomic E-state index is 13.8. The van der Waals surface area contributed by atoms with Crippen LogP contribution in [0.1, 0.15) is 29.3 Å². The Labute approximate surface area is 193 Å². The Morgan fingerprint density at radius 3 is 2.19 bits per heavy atom. The van der Waals surface area contributed by atoms with Gasteiger partial charge >= 0.3 is 0 Å². The highest BCUT2D eigenvalue weighted by Gasteiger charge is 2.45. The van der Waals surface area contributed by atoms with Gasteiger partial charge in [-0.05, 0) is 41.8 Å². The van der Waals surface area contributed by atoms with Crippen molar-refractivity contribution in [3.63, 3.8) is 0 Å². The summed E-state index contributed by atoms with van der Waals surface area (Å²) in [6.07, 6.45) is 2.05. The molecule has 0 radical (unpaired) electrons. The summed E-state index contributed by atoms with van der Waals surface area (Å²) >= 11 is 12.0. The van der Waals surface area contributed by atoms with Crippen molar-refractivity contribution in [2.24, 2.45) is 0 Å². The van der Waals surface area contributed by atoms with E-state index in [1.807, 2.05) is 0 Å². The van der Waals surface area contributed by atoms with Crippen LogP contribution in [-0.2, 0) is 10.0 Å². The average Bonchev–Trinajstić information content (AvgIpc) is 3.51. The van der Waals surface area contributed by atoms with E-state index in [2.05, 4.69) is 15.3 Å². The second-order valence-corrected chi connectivity index (χ2v) is 10.7. The number of fused-ring (bicyclic) bond motifs is 2. The van der Waals surface area contributed by atoms with Crippen molar-refractivity contribution in [3.8, 4) is 0 Å². The van der Waals surface area contributed by atoms with Gasteiger partial charge in [0.1, 0.15) is 17.5 Å². The predicted molar refractivity (Wildman–Crippen MR) is 116 cm³/mol. The molecule has 1 aromatic heterocycles. The molecular weight excluding hydrogens is 481 g/mol. The molecule has 2 fully saturated rings. The molecule has 3 heterocycles. The van der Waals surface area contributed by atoms with E-state index in [4.69, 9.17) is 23.2 Å². The number of rotatable bonds is 5. The third kappa shape index (κ3) is 3.72. The molecule has 2 saturated heterocycles. The molecule has 0 aliphatic carbocycles. The zero-order chi connectivity index (χ0) is 22.6. The number of benzene rings is 2. The molecule has 0 amide bonds. The molecule has 11 heteroatoms. The highest BCUT2D eigenvalue weighted by molar-refractivity contribution is 7.89. The predicted octanol–water partition coefficient (Wildman–Crippen LogP) is 3.91. The molecule has 6 nitrogen and oxygen atoms in total. The Bertz CT molecular complexity index is 1250. The average molecular weight is 499 g/mol. The van der Waals surface area contributed by atoms with E-state index in [1.54, 1.807) is 0 Å². The molecule has 0 saturated carbocycles. The number of aromatic amines is 1. The van der Waals surface area contributed by atoms with Gasteiger partial charge < -0.3 is 10.3 Å². The lowest BCUT2D eigenvalue weighted by molar-refractivity contribution is 0.347. The molecule has 0 spiro atoms. The minimum absolute atomic E-state index is 0.0357. The number of imidazole rings is 1. The second-order valence-electron chi connectivity index (χ2n) is 7.98. The largest absolute Gasteiger partial charge is 0.331 e. The molecular formula is C21H18Cl2F2N4O2S. The summed E-state index contributed by atoms with van der Waals surface area (Å²) in [6.45, 7) is 1.03. The van der Waals surface area contributed by atoms with Gasteiger partial charge in [-0.25, -0.2) is 22.2 Å². The summed E-state index contributed by atoms with van der Waals surface area (Å²) in [5.74, 6) is -1.57. The van der Waals surface area contributed by atoms with Crippen LogP contribution in [0.5, 0.6) is 0 Å². The Balaban J connectivity index is 1.57. The maximum atomic E-state index is 13.8. The molecule has 3 aromatic rings. The molecule has 2 aromatic carbocycles. The number of halogens is 4. The first-order valence-electron chi connectivity index (χ1n) is 9.94. The fourth-order valence-corrected chi connectivity index (χ4v) is 6.41. The van der Waals surface area contributed by atoms with Crippen molar-refractivity contribution in [3.05, 3.63) is 81.2 Å². The normalized spacial score (nSPS) is 21.0. The Kier molecular flexibility index (Phi) is 5.50. The van der Waals surface area contributed by atoms with Crippen molar-refractivity contribution in [2.45, 2.75) is 29.4 Å². The fraction of sp³-hybridized carbons (Fsp3) is 0.286. The standard InChI is InChI=1S/C21H18Cl2F2N4O2S/c22-15-5-11(1-3-17(15)24)20(12-2-4-18(25)16(23)6-12)21-27-9-19(28-21)32(30,31)29-10-13-7-14(29)8-26-13/h1-6,9,13-14,20,26H,7-8,10H2,(H,27,28). The van der Waals surface area contributed by atoms with Gasteiger partial charge in [-0.15, -0.1) is 0 Å². The summed E-state index contributed by atoms with van der Waals surface area (Å²) in [4.78, 5) is 7.24. The zero-order valence-electron chi connectivity index (χ0n) is 16.5. The molecule has 2 bridgehead atoms.